The monoisotopic (exact) mass is 569 g/mol. The Kier molecular flexibility index (Phi) is 6.50. The Bertz CT molecular complexity index is 1930. The molecular formula is C30H23N3O7S. The highest BCUT2D eigenvalue weighted by Crippen LogP contribution is 2.35. The molecule has 6 rings (SSSR count). The van der Waals surface area contributed by atoms with Gasteiger partial charge in [0.25, 0.3) is 11.5 Å². The fourth-order valence-electron chi connectivity index (χ4n) is 5.14. The van der Waals surface area contributed by atoms with Gasteiger partial charge in [0.1, 0.15) is 10.3 Å². The van der Waals surface area contributed by atoms with Crippen LogP contribution in [0.25, 0.3) is 5.57 Å². The van der Waals surface area contributed by atoms with E-state index in [9.17, 15) is 19.2 Å². The van der Waals surface area contributed by atoms with E-state index in [2.05, 4.69) is 4.99 Å². The van der Waals surface area contributed by atoms with Crippen molar-refractivity contribution in [2.45, 2.75) is 19.9 Å². The molecule has 11 heteroatoms. The van der Waals surface area contributed by atoms with E-state index in [0.29, 0.717) is 33.7 Å². The minimum atomic E-state index is -0.892. The third-order valence-corrected chi connectivity index (χ3v) is 8.05. The van der Waals surface area contributed by atoms with E-state index in [1.54, 1.807) is 42.2 Å². The summed E-state index contributed by atoms with van der Waals surface area (Å²) in [7, 11) is 1.26. The second kappa shape index (κ2) is 10.2. The van der Waals surface area contributed by atoms with Crippen LogP contribution in [-0.2, 0) is 14.3 Å². The maximum Gasteiger partial charge on any atom is 0.379 e. The summed E-state index contributed by atoms with van der Waals surface area (Å²) in [5.41, 5.74) is 2.41. The number of rotatable bonds is 5. The number of hydrogen-bond acceptors (Lipinski definition) is 9. The number of fused-ring (bicyclic) bond motifs is 2. The number of amides is 1. The van der Waals surface area contributed by atoms with Gasteiger partial charge in [0.15, 0.2) is 4.80 Å². The van der Waals surface area contributed by atoms with Crippen molar-refractivity contribution in [2.24, 2.45) is 4.99 Å². The number of aromatic nitrogens is 1. The second-order valence-corrected chi connectivity index (χ2v) is 10.2. The molecule has 1 unspecified atom stereocenters. The SMILES string of the molecule is CCN1C(=O)C(=c2sc3n(c2=O)C(c2ccc(OC(=O)c4ccco4)cc2)C(C(=O)OC)=C(C)N=3)c2ccccc21. The molecule has 0 radical (unpaired) electrons. The van der Waals surface area contributed by atoms with E-state index >= 15 is 0 Å². The molecule has 1 atom stereocenters. The molecule has 4 heterocycles. The largest absolute Gasteiger partial charge is 0.466 e. The Balaban J connectivity index is 1.51. The summed E-state index contributed by atoms with van der Waals surface area (Å²) in [4.78, 5) is 59.4. The Morgan fingerprint density at radius 2 is 1.78 bits per heavy atom. The highest BCUT2D eigenvalue weighted by atomic mass is 32.1. The van der Waals surface area contributed by atoms with Crippen LogP contribution in [0.3, 0.4) is 0 Å². The van der Waals surface area contributed by atoms with E-state index in [-0.39, 0.29) is 27.5 Å². The summed E-state index contributed by atoms with van der Waals surface area (Å²) in [6.07, 6.45) is 1.37. The Morgan fingerprint density at radius 3 is 2.46 bits per heavy atom. The number of esters is 2. The quantitative estimate of drug-likeness (QED) is 0.268. The zero-order chi connectivity index (χ0) is 28.8. The molecular weight excluding hydrogens is 546 g/mol. The van der Waals surface area contributed by atoms with Crippen LogP contribution < -0.4 is 24.5 Å². The Hall–Kier alpha value is -5.03. The van der Waals surface area contributed by atoms with Crippen molar-refractivity contribution in [3.05, 3.63) is 115 Å². The summed E-state index contributed by atoms with van der Waals surface area (Å²) in [6, 6.07) is 16.0. The molecule has 0 bridgehead atoms. The predicted octanol–water partition coefficient (Wildman–Crippen LogP) is 2.96. The zero-order valence-electron chi connectivity index (χ0n) is 22.2. The number of furan rings is 1. The Morgan fingerprint density at radius 1 is 1.02 bits per heavy atom. The van der Waals surface area contributed by atoms with E-state index in [0.717, 1.165) is 17.0 Å². The van der Waals surface area contributed by atoms with Gasteiger partial charge < -0.3 is 18.8 Å². The summed E-state index contributed by atoms with van der Waals surface area (Å²) in [6.45, 7) is 4.00. The zero-order valence-corrected chi connectivity index (χ0v) is 23.1. The van der Waals surface area contributed by atoms with Crippen molar-refractivity contribution in [3.8, 4) is 5.75 Å². The van der Waals surface area contributed by atoms with E-state index in [1.165, 1.54) is 24.0 Å². The number of nitrogens with zero attached hydrogens (tertiary/aromatic N) is 3. The van der Waals surface area contributed by atoms with Crippen molar-refractivity contribution in [1.29, 1.82) is 0 Å². The van der Waals surface area contributed by atoms with Crippen molar-refractivity contribution >= 4 is 40.4 Å². The lowest BCUT2D eigenvalue weighted by Crippen LogP contribution is -2.40. The molecule has 4 aromatic rings. The van der Waals surface area contributed by atoms with Crippen LogP contribution in [0.4, 0.5) is 5.69 Å². The standard InChI is InChI=1S/C30H23N3O7S/c1-4-32-20-9-6-5-8-19(20)23(26(32)34)25-27(35)33-24(22(29(37)38-3)16(2)31-30(33)41-25)17-11-13-18(14-12-17)40-28(36)21-10-7-15-39-21/h5-15,24H,4H2,1-3H3. The lowest BCUT2D eigenvalue weighted by molar-refractivity contribution is -0.136. The number of para-hydroxylation sites is 1. The van der Waals surface area contributed by atoms with Gasteiger partial charge >= 0.3 is 11.9 Å². The molecule has 0 saturated heterocycles. The maximum atomic E-state index is 14.1. The molecule has 2 aromatic heterocycles. The van der Waals surface area contributed by atoms with E-state index in [1.807, 2.05) is 31.2 Å². The first-order valence-electron chi connectivity index (χ1n) is 12.7. The van der Waals surface area contributed by atoms with Crippen molar-refractivity contribution in [3.63, 3.8) is 0 Å². The minimum absolute atomic E-state index is 0.0543. The van der Waals surface area contributed by atoms with Crippen LogP contribution in [0.15, 0.2) is 92.4 Å². The van der Waals surface area contributed by atoms with Gasteiger partial charge in [0, 0.05) is 12.1 Å². The van der Waals surface area contributed by atoms with E-state index < -0.39 is 23.5 Å². The van der Waals surface area contributed by atoms with E-state index in [4.69, 9.17) is 13.9 Å². The summed E-state index contributed by atoms with van der Waals surface area (Å²) >= 11 is 1.11. The number of allylic oxidation sites excluding steroid dienone is 1. The molecule has 2 aliphatic rings. The normalized spacial score (nSPS) is 17.2. The predicted molar refractivity (Wildman–Crippen MR) is 149 cm³/mol. The van der Waals surface area contributed by atoms with Crippen LogP contribution >= 0.6 is 11.3 Å². The maximum absolute atomic E-state index is 14.1. The first kappa shape index (κ1) is 26.2. The van der Waals surface area contributed by atoms with Gasteiger partial charge in [0.2, 0.25) is 5.76 Å². The number of thiazole rings is 1. The number of hydrogen-bond donors (Lipinski definition) is 0. The summed E-state index contributed by atoms with van der Waals surface area (Å²) < 4.78 is 17.2. The lowest BCUT2D eigenvalue weighted by atomic mass is 9.96. The molecule has 2 aromatic carbocycles. The fraction of sp³-hybridized carbons (Fsp3) is 0.167. The Labute approximate surface area is 237 Å². The number of likely N-dealkylation sites (N-methyl/N-ethyl adjacent to an activating group) is 1. The second-order valence-electron chi connectivity index (χ2n) is 9.27. The molecule has 41 heavy (non-hydrogen) atoms. The third kappa shape index (κ3) is 4.21. The number of anilines is 1. The third-order valence-electron chi connectivity index (χ3n) is 7.00. The van der Waals surface area contributed by atoms with Gasteiger partial charge in [-0.25, -0.2) is 14.6 Å². The molecule has 1 amide bonds. The van der Waals surface area contributed by atoms with Crippen molar-refractivity contribution < 1.29 is 28.3 Å². The van der Waals surface area contributed by atoms with Crippen molar-refractivity contribution in [2.75, 3.05) is 18.6 Å². The number of carbonyl (C=O) groups is 3. The van der Waals surface area contributed by atoms with Crippen LogP contribution in [-0.4, -0.2) is 36.1 Å². The number of methoxy groups -OCH3 is 1. The first-order chi connectivity index (χ1) is 19.8. The number of benzene rings is 2. The average molecular weight is 570 g/mol. The lowest BCUT2D eigenvalue weighted by Gasteiger charge is -2.24. The average Bonchev–Trinajstić information content (AvgIpc) is 3.69. The molecule has 206 valence electrons. The highest BCUT2D eigenvalue weighted by molar-refractivity contribution is 7.07. The fourth-order valence-corrected chi connectivity index (χ4v) is 6.28. The molecule has 0 aliphatic carbocycles. The summed E-state index contributed by atoms with van der Waals surface area (Å²) in [5, 5.41) is 0. The van der Waals surface area contributed by atoms with Crippen LogP contribution in [0.2, 0.25) is 0 Å². The molecule has 2 aliphatic heterocycles. The molecule has 0 saturated carbocycles. The molecule has 0 fully saturated rings. The molecule has 0 spiro atoms. The number of carbonyl (C=O) groups excluding carboxylic acids is 3. The van der Waals surface area contributed by atoms with Gasteiger partial charge in [0.05, 0.1) is 41.9 Å². The smallest absolute Gasteiger partial charge is 0.379 e. The van der Waals surface area contributed by atoms with Crippen LogP contribution in [0.5, 0.6) is 5.75 Å². The minimum Gasteiger partial charge on any atom is -0.466 e. The van der Waals surface area contributed by atoms with Gasteiger partial charge in [-0.2, -0.15) is 0 Å². The summed E-state index contributed by atoms with van der Waals surface area (Å²) in [5.74, 6) is -1.26. The van der Waals surface area contributed by atoms with Crippen LogP contribution in [0, 0.1) is 0 Å². The highest BCUT2D eigenvalue weighted by Gasteiger charge is 2.36. The van der Waals surface area contributed by atoms with Crippen LogP contribution in [0.1, 0.15) is 41.6 Å². The molecule has 10 nitrogen and oxygen atoms in total. The topological polar surface area (TPSA) is 120 Å². The van der Waals surface area contributed by atoms with Gasteiger partial charge in [-0.15, -0.1) is 0 Å². The van der Waals surface area contributed by atoms with Gasteiger partial charge in [-0.1, -0.05) is 41.7 Å². The van der Waals surface area contributed by atoms with Gasteiger partial charge in [-0.3, -0.25) is 14.2 Å². The van der Waals surface area contributed by atoms with Gasteiger partial charge in [-0.05, 0) is 49.7 Å². The first-order valence-corrected chi connectivity index (χ1v) is 13.6. The van der Waals surface area contributed by atoms with Crippen molar-refractivity contribution in [1.82, 2.24) is 4.57 Å². The molecule has 0 N–H and O–H groups in total. The number of ether oxygens (including phenoxy) is 2.